The highest BCUT2D eigenvalue weighted by Crippen LogP contribution is 2.27. The smallest absolute Gasteiger partial charge is 0.206 e. The Hall–Kier alpha value is -4.32. The van der Waals surface area contributed by atoms with Gasteiger partial charge in [0.1, 0.15) is 22.8 Å². The zero-order valence-electron chi connectivity index (χ0n) is 16.9. The van der Waals surface area contributed by atoms with Crippen LogP contribution in [0.4, 0.5) is 5.69 Å². The summed E-state index contributed by atoms with van der Waals surface area (Å²) in [5.41, 5.74) is 4.70. The molecule has 0 bridgehead atoms. The quantitative estimate of drug-likeness (QED) is 0.295. The molecule has 2 aromatic carbocycles. The number of carbonyl (C=O) groups is 1. The van der Waals surface area contributed by atoms with Crippen molar-refractivity contribution in [3.63, 3.8) is 0 Å². The first-order valence-electron chi connectivity index (χ1n) is 9.89. The minimum atomic E-state index is -0.139. The monoisotopic (exact) mass is 408 g/mol. The van der Waals surface area contributed by atoms with Gasteiger partial charge in [-0.15, -0.1) is 0 Å². The number of imidazole rings is 1. The number of methoxy groups -OCH3 is 1. The zero-order chi connectivity index (χ0) is 21.2. The number of nitrogens with zero attached hydrogens (tertiary/aromatic N) is 2. The Morgan fingerprint density at radius 3 is 2.81 bits per heavy atom. The van der Waals surface area contributed by atoms with Crippen molar-refractivity contribution in [1.29, 1.82) is 0 Å². The molecule has 0 fully saturated rings. The van der Waals surface area contributed by atoms with Gasteiger partial charge in [-0.3, -0.25) is 9.20 Å². The Labute approximate surface area is 178 Å². The maximum Gasteiger partial charge on any atom is 0.206 e. The van der Waals surface area contributed by atoms with Crippen molar-refractivity contribution >= 4 is 28.0 Å². The van der Waals surface area contributed by atoms with Gasteiger partial charge in [0.25, 0.3) is 0 Å². The number of hydrogen-bond acceptors (Lipinski definition) is 4. The number of benzene rings is 2. The van der Waals surface area contributed by atoms with Gasteiger partial charge in [0.15, 0.2) is 0 Å². The summed E-state index contributed by atoms with van der Waals surface area (Å²) in [6.45, 7) is 0. The second kappa shape index (κ2) is 7.84. The lowest BCUT2D eigenvalue weighted by Gasteiger charge is -2.04. The number of allylic oxidation sites excluding steroid dienone is 1. The van der Waals surface area contributed by atoms with Gasteiger partial charge in [0.2, 0.25) is 5.78 Å². The summed E-state index contributed by atoms with van der Waals surface area (Å²) in [7, 11) is 1.63. The van der Waals surface area contributed by atoms with Gasteiger partial charge in [-0.05, 0) is 60.7 Å². The van der Waals surface area contributed by atoms with Crippen LogP contribution in [0.1, 0.15) is 10.5 Å². The number of rotatable bonds is 6. The van der Waals surface area contributed by atoms with Gasteiger partial charge in [-0.25, -0.2) is 4.98 Å². The molecule has 0 saturated heterocycles. The van der Waals surface area contributed by atoms with Crippen LogP contribution in [0.2, 0.25) is 0 Å². The predicted molar refractivity (Wildman–Crippen MR) is 123 cm³/mol. The van der Waals surface area contributed by atoms with Gasteiger partial charge < -0.3 is 15.0 Å². The first-order chi connectivity index (χ1) is 15.2. The summed E-state index contributed by atoms with van der Waals surface area (Å²) < 4.78 is 7.06. The normalized spacial score (nSPS) is 11.4. The van der Waals surface area contributed by atoms with Crippen molar-refractivity contribution in [2.24, 2.45) is 0 Å². The van der Waals surface area contributed by atoms with Crippen LogP contribution in [0.5, 0.6) is 5.75 Å². The van der Waals surface area contributed by atoms with Gasteiger partial charge in [-0.2, -0.15) is 0 Å². The van der Waals surface area contributed by atoms with Crippen molar-refractivity contribution in [2.45, 2.75) is 0 Å². The Morgan fingerprint density at radius 2 is 1.97 bits per heavy atom. The summed E-state index contributed by atoms with van der Waals surface area (Å²) in [5, 5.41) is 4.29. The average molecular weight is 408 g/mol. The molecule has 0 aliphatic heterocycles. The molecule has 2 N–H and O–H groups in total. The lowest BCUT2D eigenvalue weighted by molar-refractivity contribution is 0.104. The molecule has 3 heterocycles. The van der Waals surface area contributed by atoms with Crippen LogP contribution in [0, 0.1) is 0 Å². The number of ketones is 1. The predicted octanol–water partition coefficient (Wildman–Crippen LogP) is 5.30. The van der Waals surface area contributed by atoms with Crippen LogP contribution >= 0.6 is 0 Å². The van der Waals surface area contributed by atoms with Gasteiger partial charge >= 0.3 is 0 Å². The van der Waals surface area contributed by atoms with Crippen molar-refractivity contribution < 1.29 is 9.53 Å². The maximum atomic E-state index is 13.2. The van der Waals surface area contributed by atoms with E-state index >= 15 is 0 Å². The fourth-order valence-electron chi connectivity index (χ4n) is 3.62. The maximum absolute atomic E-state index is 13.2. The molecule has 5 rings (SSSR count). The van der Waals surface area contributed by atoms with E-state index in [0.29, 0.717) is 11.4 Å². The van der Waals surface area contributed by atoms with E-state index in [1.807, 2.05) is 83.5 Å². The molecule has 0 atom stereocenters. The third kappa shape index (κ3) is 3.55. The van der Waals surface area contributed by atoms with Gasteiger partial charge in [0.05, 0.1) is 7.11 Å². The van der Waals surface area contributed by atoms with Crippen LogP contribution < -0.4 is 10.1 Å². The van der Waals surface area contributed by atoms with E-state index in [1.165, 1.54) is 6.08 Å². The molecular weight excluding hydrogens is 388 g/mol. The second-order valence-electron chi connectivity index (χ2n) is 7.09. The van der Waals surface area contributed by atoms with E-state index in [4.69, 9.17) is 9.72 Å². The van der Waals surface area contributed by atoms with E-state index < -0.39 is 0 Å². The highest BCUT2D eigenvalue weighted by molar-refractivity contribution is 6.08. The summed E-state index contributed by atoms with van der Waals surface area (Å²) in [6, 6.07) is 21.2. The lowest BCUT2D eigenvalue weighted by atomic mass is 10.1. The van der Waals surface area contributed by atoms with Crippen molar-refractivity contribution in [1.82, 2.24) is 14.4 Å². The summed E-state index contributed by atoms with van der Waals surface area (Å²) in [6.07, 6.45) is 6.95. The third-order valence-electron chi connectivity index (χ3n) is 5.16. The topological polar surface area (TPSA) is 71.4 Å². The van der Waals surface area contributed by atoms with Crippen LogP contribution in [0.15, 0.2) is 91.4 Å². The van der Waals surface area contributed by atoms with Crippen LogP contribution in [-0.2, 0) is 0 Å². The largest absolute Gasteiger partial charge is 0.497 e. The standard InChI is InChI=1S/C25H20N4O2/c1-31-20-8-5-17(6-9-20)24-25(29-15-3-2-4-23(29)28-24)22(30)12-14-26-19-7-10-21-18(16-19)11-13-27-21/h2-16,26-27H,1H3/b14-12-. The molecule has 6 heteroatoms. The van der Waals surface area contributed by atoms with Gasteiger partial charge in [0, 0.05) is 46.8 Å². The van der Waals surface area contributed by atoms with Crippen molar-refractivity contribution in [2.75, 3.05) is 12.4 Å². The number of nitrogens with one attached hydrogen (secondary N) is 2. The number of pyridine rings is 1. The first kappa shape index (κ1) is 18.7. The van der Waals surface area contributed by atoms with Crippen molar-refractivity contribution in [3.8, 4) is 17.0 Å². The molecule has 0 aliphatic carbocycles. The van der Waals surface area contributed by atoms with E-state index in [0.717, 1.165) is 33.6 Å². The summed E-state index contributed by atoms with van der Waals surface area (Å²) in [4.78, 5) is 21.0. The fraction of sp³-hybridized carbons (Fsp3) is 0.0400. The fourth-order valence-corrected chi connectivity index (χ4v) is 3.62. The SMILES string of the molecule is COc1ccc(-c2nc3ccccn3c2C(=O)/C=C\Nc2ccc3[nH]ccc3c2)cc1. The first-order valence-corrected chi connectivity index (χ1v) is 9.89. The van der Waals surface area contributed by atoms with Gasteiger partial charge in [-0.1, -0.05) is 6.07 Å². The Kier molecular flexibility index (Phi) is 4.72. The van der Waals surface area contributed by atoms with E-state index in [1.54, 1.807) is 13.3 Å². The molecular formula is C25H20N4O2. The Balaban J connectivity index is 1.47. The molecule has 5 aromatic rings. The molecule has 0 unspecified atom stereocenters. The van der Waals surface area contributed by atoms with Crippen LogP contribution in [0.25, 0.3) is 27.8 Å². The van der Waals surface area contributed by atoms with E-state index in [2.05, 4.69) is 10.3 Å². The highest BCUT2D eigenvalue weighted by Gasteiger charge is 2.18. The number of fused-ring (bicyclic) bond motifs is 2. The Bertz CT molecular complexity index is 1410. The Morgan fingerprint density at radius 1 is 1.10 bits per heavy atom. The molecule has 0 spiro atoms. The number of carbonyl (C=O) groups excluding carboxylic acids is 1. The minimum absolute atomic E-state index is 0.139. The number of hydrogen-bond donors (Lipinski definition) is 2. The number of aromatic amines is 1. The highest BCUT2D eigenvalue weighted by atomic mass is 16.5. The average Bonchev–Trinajstić information content (AvgIpc) is 3.43. The lowest BCUT2D eigenvalue weighted by Crippen LogP contribution is -2.03. The molecule has 0 radical (unpaired) electrons. The second-order valence-corrected chi connectivity index (χ2v) is 7.09. The van der Waals surface area contributed by atoms with Crippen molar-refractivity contribution in [3.05, 3.63) is 97.1 Å². The minimum Gasteiger partial charge on any atom is -0.497 e. The molecule has 0 aliphatic rings. The summed E-state index contributed by atoms with van der Waals surface area (Å²) in [5.74, 6) is 0.614. The van der Waals surface area contributed by atoms with Crippen LogP contribution in [-0.4, -0.2) is 27.3 Å². The third-order valence-corrected chi connectivity index (χ3v) is 5.16. The zero-order valence-corrected chi connectivity index (χ0v) is 16.9. The summed E-state index contributed by atoms with van der Waals surface area (Å²) >= 11 is 0. The molecule has 0 amide bonds. The number of aromatic nitrogens is 3. The molecule has 0 saturated carbocycles. The van der Waals surface area contributed by atoms with Crippen LogP contribution in [0.3, 0.4) is 0 Å². The molecule has 6 nitrogen and oxygen atoms in total. The molecule has 31 heavy (non-hydrogen) atoms. The number of anilines is 1. The number of ether oxygens (including phenoxy) is 1. The number of H-pyrrole nitrogens is 1. The molecule has 152 valence electrons. The van der Waals surface area contributed by atoms with E-state index in [-0.39, 0.29) is 5.78 Å². The molecule has 3 aromatic heterocycles. The van der Waals surface area contributed by atoms with E-state index in [9.17, 15) is 4.79 Å².